The molecule has 2 aromatic heterocycles. The van der Waals surface area contributed by atoms with Crippen molar-refractivity contribution in [3.05, 3.63) is 40.1 Å². The van der Waals surface area contributed by atoms with Gasteiger partial charge in [-0.15, -0.1) is 0 Å². The van der Waals surface area contributed by atoms with Crippen LogP contribution >= 0.6 is 0 Å². The zero-order valence-corrected chi connectivity index (χ0v) is 13.6. The fourth-order valence-electron chi connectivity index (χ4n) is 2.31. The second kappa shape index (κ2) is 5.32. The SMILES string of the molecule is Cc1nonc1CNS(=O)(=O)c1ccc2c(c1)n(C)c(=O)n2C. The molecule has 3 rings (SSSR count). The summed E-state index contributed by atoms with van der Waals surface area (Å²) < 4.78 is 34.6. The van der Waals surface area contributed by atoms with Crippen LogP contribution in [-0.2, 0) is 30.7 Å². The Labute approximate surface area is 131 Å². The Kier molecular flexibility index (Phi) is 3.57. The van der Waals surface area contributed by atoms with Gasteiger partial charge in [-0.1, -0.05) is 10.3 Å². The number of hydrogen-bond donors (Lipinski definition) is 1. The summed E-state index contributed by atoms with van der Waals surface area (Å²) in [6.45, 7) is 1.65. The summed E-state index contributed by atoms with van der Waals surface area (Å²) in [5.74, 6) is 0. The smallest absolute Gasteiger partial charge is 0.295 e. The lowest BCUT2D eigenvalue weighted by Crippen LogP contribution is -2.23. The number of hydrogen-bond acceptors (Lipinski definition) is 6. The lowest BCUT2D eigenvalue weighted by Gasteiger charge is -2.06. The molecule has 0 aliphatic rings. The number of rotatable bonds is 4. The Morgan fingerprint density at radius 1 is 1.17 bits per heavy atom. The van der Waals surface area contributed by atoms with Gasteiger partial charge < -0.3 is 0 Å². The van der Waals surface area contributed by atoms with E-state index in [0.29, 0.717) is 22.4 Å². The minimum absolute atomic E-state index is 0.0244. The van der Waals surface area contributed by atoms with Crippen molar-refractivity contribution >= 4 is 21.1 Å². The molecule has 0 saturated heterocycles. The topological polar surface area (TPSA) is 112 Å². The second-order valence-electron chi connectivity index (χ2n) is 5.17. The van der Waals surface area contributed by atoms with Crippen LogP contribution in [0.15, 0.2) is 32.5 Å². The van der Waals surface area contributed by atoms with Crippen LogP contribution in [0.1, 0.15) is 11.4 Å². The molecule has 0 atom stereocenters. The number of imidazole rings is 1. The predicted octanol–water partition coefficient (Wildman–Crippen LogP) is 0.0469. The van der Waals surface area contributed by atoms with Crippen molar-refractivity contribution in [1.29, 1.82) is 0 Å². The molecular formula is C13H15N5O4S. The molecular weight excluding hydrogens is 322 g/mol. The Morgan fingerprint density at radius 3 is 2.52 bits per heavy atom. The van der Waals surface area contributed by atoms with Gasteiger partial charge in [0.15, 0.2) is 0 Å². The number of sulfonamides is 1. The average molecular weight is 337 g/mol. The molecule has 0 saturated carbocycles. The first kappa shape index (κ1) is 15.4. The molecule has 0 spiro atoms. The van der Waals surface area contributed by atoms with E-state index in [9.17, 15) is 13.2 Å². The van der Waals surface area contributed by atoms with E-state index in [2.05, 4.69) is 19.7 Å². The molecule has 0 amide bonds. The van der Waals surface area contributed by atoms with Crippen molar-refractivity contribution in [2.24, 2.45) is 14.1 Å². The summed E-state index contributed by atoms with van der Waals surface area (Å²) in [5, 5.41) is 7.22. The largest absolute Gasteiger partial charge is 0.328 e. The summed E-state index contributed by atoms with van der Waals surface area (Å²) in [4.78, 5) is 12.0. The Balaban J connectivity index is 1.97. The van der Waals surface area contributed by atoms with Gasteiger partial charge >= 0.3 is 5.69 Å². The van der Waals surface area contributed by atoms with Crippen molar-refractivity contribution in [2.75, 3.05) is 0 Å². The number of nitrogens with zero attached hydrogens (tertiary/aromatic N) is 4. The van der Waals surface area contributed by atoms with E-state index in [4.69, 9.17) is 0 Å². The fourth-order valence-corrected chi connectivity index (χ4v) is 3.32. The third-order valence-electron chi connectivity index (χ3n) is 3.73. The van der Waals surface area contributed by atoms with Crippen LogP contribution in [0.4, 0.5) is 0 Å². The van der Waals surface area contributed by atoms with E-state index in [1.165, 1.54) is 21.3 Å². The molecule has 3 aromatic rings. The summed E-state index contributed by atoms with van der Waals surface area (Å²) in [6, 6.07) is 4.53. The van der Waals surface area contributed by atoms with E-state index in [-0.39, 0.29) is 17.1 Å². The van der Waals surface area contributed by atoms with Crippen molar-refractivity contribution in [2.45, 2.75) is 18.4 Å². The van der Waals surface area contributed by atoms with Crippen LogP contribution < -0.4 is 10.4 Å². The normalized spacial score (nSPS) is 12.1. The highest BCUT2D eigenvalue weighted by Crippen LogP contribution is 2.18. The third-order valence-corrected chi connectivity index (χ3v) is 5.13. The van der Waals surface area contributed by atoms with Crippen molar-refractivity contribution in [3.8, 4) is 0 Å². The number of aryl methyl sites for hydroxylation is 3. The maximum atomic E-state index is 12.4. The van der Waals surface area contributed by atoms with Crippen LogP contribution in [0.3, 0.4) is 0 Å². The summed E-state index contributed by atoms with van der Waals surface area (Å²) in [5.41, 5.74) is 1.93. The monoisotopic (exact) mass is 337 g/mol. The molecule has 0 unspecified atom stereocenters. The number of nitrogens with one attached hydrogen (secondary N) is 1. The Bertz CT molecular complexity index is 1040. The van der Waals surface area contributed by atoms with E-state index >= 15 is 0 Å². The van der Waals surface area contributed by atoms with Crippen LogP contribution in [0.2, 0.25) is 0 Å². The molecule has 9 nitrogen and oxygen atoms in total. The minimum atomic E-state index is -3.75. The molecule has 0 aliphatic heterocycles. The maximum absolute atomic E-state index is 12.4. The van der Waals surface area contributed by atoms with Gasteiger partial charge in [0.25, 0.3) is 0 Å². The average Bonchev–Trinajstić information content (AvgIpc) is 3.03. The van der Waals surface area contributed by atoms with Crippen LogP contribution in [0.25, 0.3) is 11.0 Å². The molecule has 2 heterocycles. The number of fused-ring (bicyclic) bond motifs is 1. The molecule has 1 aromatic carbocycles. The van der Waals surface area contributed by atoms with Gasteiger partial charge in [-0.2, -0.15) is 0 Å². The molecule has 10 heteroatoms. The van der Waals surface area contributed by atoms with Gasteiger partial charge in [0.1, 0.15) is 11.4 Å². The van der Waals surface area contributed by atoms with Gasteiger partial charge in [0.2, 0.25) is 10.0 Å². The lowest BCUT2D eigenvalue weighted by molar-refractivity contribution is 0.301. The second-order valence-corrected chi connectivity index (χ2v) is 6.94. The first-order valence-electron chi connectivity index (χ1n) is 6.74. The maximum Gasteiger partial charge on any atom is 0.328 e. The summed E-state index contributed by atoms with van der Waals surface area (Å²) in [6.07, 6.45) is 0. The van der Waals surface area contributed by atoms with Crippen molar-refractivity contribution < 1.29 is 13.0 Å². The van der Waals surface area contributed by atoms with E-state index in [1.54, 1.807) is 27.1 Å². The molecule has 0 bridgehead atoms. The zero-order valence-electron chi connectivity index (χ0n) is 12.8. The Morgan fingerprint density at radius 2 is 1.87 bits per heavy atom. The standard InChI is InChI=1S/C13H15N5O4S/c1-8-10(16-22-15-8)7-14-23(20,21)9-4-5-11-12(6-9)18(3)13(19)17(11)2/h4-6,14H,7H2,1-3H3. The fraction of sp³-hybridized carbons (Fsp3) is 0.308. The van der Waals surface area contributed by atoms with Crippen molar-refractivity contribution in [3.63, 3.8) is 0 Å². The highest BCUT2D eigenvalue weighted by atomic mass is 32.2. The van der Waals surface area contributed by atoms with Gasteiger partial charge in [-0.25, -0.2) is 22.6 Å². The first-order chi connectivity index (χ1) is 10.8. The number of benzene rings is 1. The molecule has 0 radical (unpaired) electrons. The van der Waals surface area contributed by atoms with Crippen molar-refractivity contribution in [1.82, 2.24) is 24.2 Å². The van der Waals surface area contributed by atoms with Crippen LogP contribution in [-0.4, -0.2) is 27.9 Å². The van der Waals surface area contributed by atoms with E-state index < -0.39 is 10.0 Å². The zero-order chi connectivity index (χ0) is 16.8. The van der Waals surface area contributed by atoms with Gasteiger partial charge in [-0.3, -0.25) is 9.13 Å². The first-order valence-corrected chi connectivity index (χ1v) is 8.23. The van der Waals surface area contributed by atoms with Crippen LogP contribution in [0.5, 0.6) is 0 Å². The third kappa shape index (κ3) is 2.55. The van der Waals surface area contributed by atoms with E-state index in [0.717, 1.165) is 0 Å². The summed E-state index contributed by atoms with van der Waals surface area (Å²) >= 11 is 0. The quantitative estimate of drug-likeness (QED) is 0.720. The summed E-state index contributed by atoms with van der Waals surface area (Å²) in [7, 11) is -0.517. The molecule has 1 N–H and O–H groups in total. The van der Waals surface area contributed by atoms with E-state index in [1.807, 2.05) is 0 Å². The lowest BCUT2D eigenvalue weighted by atomic mass is 10.3. The number of aromatic nitrogens is 4. The van der Waals surface area contributed by atoms with Gasteiger partial charge in [-0.05, 0) is 25.1 Å². The highest BCUT2D eigenvalue weighted by Gasteiger charge is 2.18. The molecule has 23 heavy (non-hydrogen) atoms. The molecule has 0 fully saturated rings. The highest BCUT2D eigenvalue weighted by molar-refractivity contribution is 7.89. The molecule has 122 valence electrons. The van der Waals surface area contributed by atoms with Crippen LogP contribution in [0, 0.1) is 6.92 Å². The predicted molar refractivity (Wildman–Crippen MR) is 81.2 cm³/mol. The minimum Gasteiger partial charge on any atom is -0.295 e. The van der Waals surface area contributed by atoms with Gasteiger partial charge in [0.05, 0.1) is 22.5 Å². The van der Waals surface area contributed by atoms with Gasteiger partial charge in [0, 0.05) is 14.1 Å². The Hall–Kier alpha value is -2.46. The molecule has 0 aliphatic carbocycles.